The third kappa shape index (κ3) is 27.2. The van der Waals surface area contributed by atoms with E-state index in [0.29, 0.717) is 0 Å². The van der Waals surface area contributed by atoms with Gasteiger partial charge in [0.25, 0.3) is 6.47 Å². The molecular formula is C7H14O3. The summed E-state index contributed by atoms with van der Waals surface area (Å²) < 4.78 is 0. The van der Waals surface area contributed by atoms with E-state index in [2.05, 4.69) is 13.0 Å². The molecule has 0 radical (unpaired) electrons. The van der Waals surface area contributed by atoms with Crippen molar-refractivity contribution in [2.75, 3.05) is 6.61 Å². The normalized spacial score (nSPS) is 8.60. The molecule has 60 valence electrons. The van der Waals surface area contributed by atoms with E-state index in [-0.39, 0.29) is 13.1 Å². The van der Waals surface area contributed by atoms with E-state index in [0.717, 1.165) is 12.8 Å². The number of aliphatic hydroxyl groups excluding tert-OH is 1. The monoisotopic (exact) mass is 146 g/mol. The minimum absolute atomic E-state index is 0.250. The van der Waals surface area contributed by atoms with Gasteiger partial charge in [0.1, 0.15) is 0 Å². The molecule has 0 aromatic carbocycles. The predicted octanol–water partition coefficient (Wildman–Crippen LogP) is 1.04. The van der Waals surface area contributed by atoms with Gasteiger partial charge in [-0.1, -0.05) is 19.1 Å². The molecule has 0 rings (SSSR count). The number of aliphatic hydroxyl groups is 1. The summed E-state index contributed by atoms with van der Waals surface area (Å²) in [6.45, 7) is 2.10. The van der Waals surface area contributed by atoms with Crippen LogP contribution < -0.4 is 0 Å². The number of carboxylic acid groups (broad SMARTS) is 1. The molecule has 0 heterocycles. The summed E-state index contributed by atoms with van der Waals surface area (Å²) in [6, 6.07) is 0. The van der Waals surface area contributed by atoms with Crippen molar-refractivity contribution in [1.29, 1.82) is 0 Å². The summed E-state index contributed by atoms with van der Waals surface area (Å²) in [5.41, 5.74) is 0. The fraction of sp³-hybridized carbons (Fsp3) is 0.571. The summed E-state index contributed by atoms with van der Waals surface area (Å²) in [7, 11) is 0. The second-order valence-electron chi connectivity index (χ2n) is 1.50. The molecule has 0 amide bonds. The van der Waals surface area contributed by atoms with Gasteiger partial charge in [0.15, 0.2) is 0 Å². The topological polar surface area (TPSA) is 57.5 Å². The molecule has 0 saturated carbocycles. The Kier molecular flexibility index (Phi) is 18.7. The van der Waals surface area contributed by atoms with Crippen molar-refractivity contribution in [3.8, 4) is 0 Å². The van der Waals surface area contributed by atoms with Gasteiger partial charge >= 0.3 is 0 Å². The lowest BCUT2D eigenvalue weighted by atomic mass is 10.3. The first kappa shape index (κ1) is 11.9. The summed E-state index contributed by atoms with van der Waals surface area (Å²) >= 11 is 0. The Morgan fingerprint density at radius 3 is 2.20 bits per heavy atom. The quantitative estimate of drug-likeness (QED) is 0.462. The van der Waals surface area contributed by atoms with E-state index in [1.165, 1.54) is 0 Å². The first-order chi connectivity index (χ1) is 4.83. The Morgan fingerprint density at radius 1 is 1.40 bits per heavy atom. The van der Waals surface area contributed by atoms with Crippen molar-refractivity contribution >= 4 is 6.47 Å². The summed E-state index contributed by atoms with van der Waals surface area (Å²) in [5, 5.41) is 15.1. The molecule has 0 aromatic rings. The number of rotatable bonds is 3. The lowest BCUT2D eigenvalue weighted by Gasteiger charge is -1.79. The van der Waals surface area contributed by atoms with Gasteiger partial charge in [-0.15, -0.1) is 0 Å². The Morgan fingerprint density at radius 2 is 1.90 bits per heavy atom. The number of allylic oxidation sites excluding steroid dienone is 1. The van der Waals surface area contributed by atoms with Crippen LogP contribution in [-0.2, 0) is 4.79 Å². The highest BCUT2D eigenvalue weighted by Gasteiger charge is 1.68. The smallest absolute Gasteiger partial charge is 0.290 e. The van der Waals surface area contributed by atoms with Crippen LogP contribution in [0.5, 0.6) is 0 Å². The van der Waals surface area contributed by atoms with Gasteiger partial charge in [-0.3, -0.25) is 4.79 Å². The van der Waals surface area contributed by atoms with Gasteiger partial charge in [0, 0.05) is 6.61 Å². The molecular weight excluding hydrogens is 132 g/mol. The first-order valence-electron chi connectivity index (χ1n) is 3.17. The van der Waals surface area contributed by atoms with Gasteiger partial charge in [-0.05, 0) is 12.8 Å². The maximum atomic E-state index is 8.36. The average Bonchev–Trinajstić information content (AvgIpc) is 1.91. The molecule has 0 saturated heterocycles. The molecule has 0 aliphatic heterocycles. The van der Waals surface area contributed by atoms with Crippen molar-refractivity contribution in [2.24, 2.45) is 0 Å². The maximum Gasteiger partial charge on any atom is 0.290 e. The predicted molar refractivity (Wildman–Crippen MR) is 39.8 cm³/mol. The number of carbonyl (C=O) groups is 1. The van der Waals surface area contributed by atoms with E-state index in [4.69, 9.17) is 15.0 Å². The molecule has 0 unspecified atom stereocenters. The second-order valence-corrected chi connectivity index (χ2v) is 1.50. The van der Waals surface area contributed by atoms with E-state index in [1.807, 2.05) is 6.08 Å². The van der Waals surface area contributed by atoms with Crippen LogP contribution in [0.1, 0.15) is 19.8 Å². The van der Waals surface area contributed by atoms with Crippen LogP contribution in [0.3, 0.4) is 0 Å². The average molecular weight is 146 g/mol. The Hall–Kier alpha value is -0.830. The highest BCUT2D eigenvalue weighted by atomic mass is 16.3. The molecule has 0 spiro atoms. The first-order valence-corrected chi connectivity index (χ1v) is 3.17. The maximum absolute atomic E-state index is 8.36. The Balaban J connectivity index is 0. The van der Waals surface area contributed by atoms with Gasteiger partial charge < -0.3 is 10.2 Å². The Labute approximate surface area is 61.0 Å². The Bertz CT molecular complexity index is 78.9. The van der Waals surface area contributed by atoms with Crippen LogP contribution in [0.25, 0.3) is 0 Å². The molecule has 0 atom stereocenters. The zero-order chi connectivity index (χ0) is 8.24. The van der Waals surface area contributed by atoms with Crippen LogP contribution in [0.4, 0.5) is 0 Å². The molecule has 0 bridgehead atoms. The summed E-state index contributed by atoms with van der Waals surface area (Å²) in [4.78, 5) is 8.36. The molecule has 0 aliphatic rings. The molecule has 0 aromatic heterocycles. The largest absolute Gasteiger partial charge is 0.483 e. The molecule has 3 heteroatoms. The van der Waals surface area contributed by atoms with Crippen LogP contribution in [0.2, 0.25) is 0 Å². The zero-order valence-electron chi connectivity index (χ0n) is 6.16. The molecule has 0 fully saturated rings. The lowest BCUT2D eigenvalue weighted by Crippen LogP contribution is -1.73. The SMILES string of the molecule is CC/C=C/CCO.O=CO. The van der Waals surface area contributed by atoms with Crippen molar-refractivity contribution in [3.63, 3.8) is 0 Å². The minimum Gasteiger partial charge on any atom is -0.483 e. The van der Waals surface area contributed by atoms with E-state index >= 15 is 0 Å². The fourth-order valence-electron chi connectivity index (χ4n) is 0.359. The van der Waals surface area contributed by atoms with E-state index in [9.17, 15) is 0 Å². The highest BCUT2D eigenvalue weighted by Crippen LogP contribution is 1.82. The van der Waals surface area contributed by atoms with Gasteiger partial charge in [-0.25, -0.2) is 0 Å². The number of hydrogen-bond donors (Lipinski definition) is 2. The van der Waals surface area contributed by atoms with Gasteiger partial charge in [0.05, 0.1) is 0 Å². The van der Waals surface area contributed by atoms with Crippen LogP contribution in [0.15, 0.2) is 12.2 Å². The zero-order valence-corrected chi connectivity index (χ0v) is 6.16. The van der Waals surface area contributed by atoms with Crippen molar-refractivity contribution in [3.05, 3.63) is 12.2 Å². The number of hydrogen-bond acceptors (Lipinski definition) is 2. The van der Waals surface area contributed by atoms with E-state index in [1.54, 1.807) is 0 Å². The molecule has 3 nitrogen and oxygen atoms in total. The van der Waals surface area contributed by atoms with Crippen LogP contribution >= 0.6 is 0 Å². The fourth-order valence-corrected chi connectivity index (χ4v) is 0.359. The highest BCUT2D eigenvalue weighted by molar-refractivity contribution is 5.32. The van der Waals surface area contributed by atoms with Gasteiger partial charge in [-0.2, -0.15) is 0 Å². The van der Waals surface area contributed by atoms with E-state index < -0.39 is 0 Å². The summed E-state index contributed by atoms with van der Waals surface area (Å²) in [6.07, 6.45) is 5.91. The third-order valence-electron chi connectivity index (χ3n) is 0.698. The molecule has 2 N–H and O–H groups in total. The van der Waals surface area contributed by atoms with Crippen molar-refractivity contribution in [2.45, 2.75) is 19.8 Å². The third-order valence-corrected chi connectivity index (χ3v) is 0.698. The van der Waals surface area contributed by atoms with Crippen LogP contribution in [-0.4, -0.2) is 23.3 Å². The van der Waals surface area contributed by atoms with Gasteiger partial charge in [0.2, 0.25) is 0 Å². The summed E-state index contributed by atoms with van der Waals surface area (Å²) in [5.74, 6) is 0. The second kappa shape index (κ2) is 15.7. The van der Waals surface area contributed by atoms with Crippen LogP contribution in [0, 0.1) is 0 Å². The molecule has 10 heavy (non-hydrogen) atoms. The lowest BCUT2D eigenvalue weighted by molar-refractivity contribution is -0.122. The minimum atomic E-state index is -0.250. The molecule has 0 aliphatic carbocycles. The van der Waals surface area contributed by atoms with Crippen molar-refractivity contribution < 1.29 is 15.0 Å². The van der Waals surface area contributed by atoms with Crippen molar-refractivity contribution in [1.82, 2.24) is 0 Å². The standard InChI is InChI=1S/C6H12O.CH2O2/c1-2-3-4-5-6-7;2-1-3/h3-4,7H,2,5-6H2,1H3;1H,(H,2,3)/b4-3+;.